The molecule has 96 valence electrons. The fraction of sp³-hybridized carbons (Fsp3) is 0.500. The van der Waals surface area contributed by atoms with Crippen molar-refractivity contribution in [2.75, 3.05) is 20.2 Å². The zero-order valence-electron chi connectivity index (χ0n) is 10.8. The molecule has 1 fully saturated rings. The lowest BCUT2D eigenvalue weighted by Gasteiger charge is -2.19. The number of hydrogen-bond acceptors (Lipinski definition) is 4. The predicted molar refractivity (Wildman–Crippen MR) is 68.2 cm³/mol. The van der Waals surface area contributed by atoms with Crippen molar-refractivity contribution in [1.82, 2.24) is 4.90 Å². The largest absolute Gasteiger partial charge is 0.495 e. The number of ether oxygens (including phenoxy) is 1. The van der Waals surface area contributed by atoms with Gasteiger partial charge in [0.05, 0.1) is 18.3 Å². The van der Waals surface area contributed by atoms with E-state index in [2.05, 4.69) is 11.0 Å². The third kappa shape index (κ3) is 2.81. The normalized spacial score (nSPS) is 23.9. The second kappa shape index (κ2) is 4.97. The van der Waals surface area contributed by atoms with Crippen LogP contribution in [0.25, 0.3) is 0 Å². The van der Waals surface area contributed by atoms with Crippen LogP contribution in [0.1, 0.15) is 24.5 Å². The monoisotopic (exact) mass is 246 g/mol. The first-order valence-electron chi connectivity index (χ1n) is 6.06. The van der Waals surface area contributed by atoms with Crippen LogP contribution in [0.5, 0.6) is 5.75 Å². The fourth-order valence-corrected chi connectivity index (χ4v) is 2.36. The van der Waals surface area contributed by atoms with E-state index in [1.165, 1.54) is 0 Å². The van der Waals surface area contributed by atoms with E-state index in [4.69, 9.17) is 10.00 Å². The molecular formula is C14H18N2O2. The van der Waals surface area contributed by atoms with Crippen LogP contribution >= 0.6 is 0 Å². The SMILES string of the molecule is COc1cc(CN2CCC(C)(O)C2)ccc1C#N. The number of aliphatic hydroxyl groups is 1. The molecule has 1 N–H and O–H groups in total. The number of methoxy groups -OCH3 is 1. The molecule has 18 heavy (non-hydrogen) atoms. The van der Waals surface area contributed by atoms with Crippen LogP contribution in [0.3, 0.4) is 0 Å². The summed E-state index contributed by atoms with van der Waals surface area (Å²) < 4.78 is 5.19. The standard InChI is InChI=1S/C14H18N2O2/c1-14(17)5-6-16(10-14)9-11-3-4-12(8-15)13(7-11)18-2/h3-4,7,17H,5-6,9-10H2,1-2H3. The zero-order chi connectivity index (χ0) is 13.2. The van der Waals surface area contributed by atoms with Crippen molar-refractivity contribution in [3.05, 3.63) is 29.3 Å². The quantitative estimate of drug-likeness (QED) is 0.878. The molecule has 4 heteroatoms. The van der Waals surface area contributed by atoms with Crippen molar-refractivity contribution >= 4 is 0 Å². The lowest BCUT2D eigenvalue weighted by Crippen LogP contribution is -2.29. The van der Waals surface area contributed by atoms with Gasteiger partial charge in [0.15, 0.2) is 0 Å². The Hall–Kier alpha value is -1.57. The molecule has 4 nitrogen and oxygen atoms in total. The Morgan fingerprint density at radius 1 is 1.56 bits per heavy atom. The molecule has 1 aromatic rings. The summed E-state index contributed by atoms with van der Waals surface area (Å²) in [7, 11) is 1.57. The maximum Gasteiger partial charge on any atom is 0.136 e. The first-order chi connectivity index (χ1) is 8.54. The minimum Gasteiger partial charge on any atom is -0.495 e. The Morgan fingerprint density at radius 3 is 2.89 bits per heavy atom. The van der Waals surface area contributed by atoms with E-state index in [0.717, 1.165) is 25.1 Å². The number of rotatable bonds is 3. The number of nitriles is 1. The van der Waals surface area contributed by atoms with Crippen molar-refractivity contribution in [3.63, 3.8) is 0 Å². The Kier molecular flexibility index (Phi) is 3.55. The van der Waals surface area contributed by atoms with Crippen LogP contribution in [0.2, 0.25) is 0 Å². The molecule has 1 unspecified atom stereocenters. The number of benzene rings is 1. The van der Waals surface area contributed by atoms with Crippen molar-refractivity contribution < 1.29 is 9.84 Å². The highest BCUT2D eigenvalue weighted by Crippen LogP contribution is 2.24. The minimum atomic E-state index is -0.573. The minimum absolute atomic E-state index is 0.551. The van der Waals surface area contributed by atoms with Gasteiger partial charge < -0.3 is 9.84 Å². The number of nitrogens with zero attached hydrogens (tertiary/aromatic N) is 2. The Balaban J connectivity index is 2.09. The van der Waals surface area contributed by atoms with Gasteiger partial charge in [-0.15, -0.1) is 0 Å². The molecule has 0 amide bonds. The molecule has 0 saturated carbocycles. The molecule has 2 rings (SSSR count). The summed E-state index contributed by atoms with van der Waals surface area (Å²) in [5, 5.41) is 18.8. The van der Waals surface area contributed by atoms with Crippen molar-refractivity contribution in [1.29, 1.82) is 5.26 Å². The van der Waals surface area contributed by atoms with Gasteiger partial charge in [-0.3, -0.25) is 4.90 Å². The van der Waals surface area contributed by atoms with E-state index >= 15 is 0 Å². The van der Waals surface area contributed by atoms with Gasteiger partial charge in [-0.05, 0) is 31.0 Å². The molecule has 1 aliphatic heterocycles. The summed E-state index contributed by atoms with van der Waals surface area (Å²) in [5.41, 5.74) is 1.08. The van der Waals surface area contributed by atoms with Gasteiger partial charge in [0, 0.05) is 19.6 Å². The molecule has 0 spiro atoms. The van der Waals surface area contributed by atoms with E-state index in [1.54, 1.807) is 13.2 Å². The first kappa shape index (κ1) is 12.9. The molecule has 0 radical (unpaired) electrons. The molecule has 1 aromatic carbocycles. The van der Waals surface area contributed by atoms with E-state index in [1.807, 2.05) is 19.1 Å². The van der Waals surface area contributed by atoms with Crippen LogP contribution in [0.15, 0.2) is 18.2 Å². The van der Waals surface area contributed by atoms with Gasteiger partial charge in [-0.1, -0.05) is 6.07 Å². The highest BCUT2D eigenvalue weighted by molar-refractivity contribution is 5.45. The fourth-order valence-electron chi connectivity index (χ4n) is 2.36. The van der Waals surface area contributed by atoms with E-state index in [-0.39, 0.29) is 0 Å². The lowest BCUT2D eigenvalue weighted by molar-refractivity contribution is 0.0679. The van der Waals surface area contributed by atoms with Gasteiger partial charge in [0.2, 0.25) is 0 Å². The topological polar surface area (TPSA) is 56.5 Å². The van der Waals surface area contributed by atoms with Gasteiger partial charge in [0.1, 0.15) is 11.8 Å². The zero-order valence-corrected chi connectivity index (χ0v) is 10.8. The smallest absolute Gasteiger partial charge is 0.136 e. The summed E-state index contributed by atoms with van der Waals surface area (Å²) >= 11 is 0. The highest BCUT2D eigenvalue weighted by Gasteiger charge is 2.31. The molecular weight excluding hydrogens is 228 g/mol. The Morgan fingerprint density at radius 2 is 2.33 bits per heavy atom. The van der Waals surface area contributed by atoms with Crippen molar-refractivity contribution in [3.8, 4) is 11.8 Å². The Labute approximate surface area is 107 Å². The van der Waals surface area contributed by atoms with E-state index in [0.29, 0.717) is 17.9 Å². The van der Waals surface area contributed by atoms with Gasteiger partial charge in [-0.2, -0.15) is 5.26 Å². The third-order valence-electron chi connectivity index (χ3n) is 3.32. The number of likely N-dealkylation sites (tertiary alicyclic amines) is 1. The van der Waals surface area contributed by atoms with Crippen LogP contribution < -0.4 is 4.74 Å². The maximum atomic E-state index is 9.92. The van der Waals surface area contributed by atoms with E-state index < -0.39 is 5.60 Å². The molecule has 0 aliphatic carbocycles. The second-order valence-corrected chi connectivity index (χ2v) is 5.10. The number of β-amino-alcohol motifs (C(OH)–C–C–N with tert-alkyl or cyclic N) is 1. The summed E-state index contributed by atoms with van der Waals surface area (Å²) in [6, 6.07) is 7.71. The second-order valence-electron chi connectivity index (χ2n) is 5.10. The van der Waals surface area contributed by atoms with Crippen molar-refractivity contribution in [2.24, 2.45) is 0 Å². The molecule has 1 atom stereocenters. The molecule has 0 aromatic heterocycles. The molecule has 1 heterocycles. The molecule has 1 aliphatic rings. The highest BCUT2D eigenvalue weighted by atomic mass is 16.5. The molecule has 1 saturated heterocycles. The van der Waals surface area contributed by atoms with E-state index in [9.17, 15) is 5.11 Å². The van der Waals surface area contributed by atoms with Gasteiger partial charge >= 0.3 is 0 Å². The average Bonchev–Trinajstić information content (AvgIpc) is 2.68. The summed E-state index contributed by atoms with van der Waals surface area (Å²) in [5.74, 6) is 0.612. The van der Waals surface area contributed by atoms with Gasteiger partial charge in [0.25, 0.3) is 0 Å². The summed E-state index contributed by atoms with van der Waals surface area (Å²) in [4.78, 5) is 2.21. The first-order valence-corrected chi connectivity index (χ1v) is 6.06. The van der Waals surface area contributed by atoms with Gasteiger partial charge in [-0.25, -0.2) is 0 Å². The lowest BCUT2D eigenvalue weighted by atomic mass is 10.1. The van der Waals surface area contributed by atoms with Crippen LogP contribution in [0, 0.1) is 11.3 Å². The van der Waals surface area contributed by atoms with Crippen molar-refractivity contribution in [2.45, 2.75) is 25.5 Å². The third-order valence-corrected chi connectivity index (χ3v) is 3.32. The van der Waals surface area contributed by atoms with Crippen LogP contribution in [-0.2, 0) is 6.54 Å². The maximum absolute atomic E-state index is 9.92. The average molecular weight is 246 g/mol. The summed E-state index contributed by atoms with van der Waals surface area (Å²) in [6.07, 6.45) is 0.806. The molecule has 0 bridgehead atoms. The predicted octanol–water partition coefficient (Wildman–Crippen LogP) is 1.52. The number of hydrogen-bond donors (Lipinski definition) is 1. The Bertz CT molecular complexity index is 477. The van der Waals surface area contributed by atoms with Crippen LogP contribution in [-0.4, -0.2) is 35.8 Å². The summed E-state index contributed by atoms with van der Waals surface area (Å²) in [6.45, 7) is 4.23. The van der Waals surface area contributed by atoms with Crippen LogP contribution in [0.4, 0.5) is 0 Å².